The van der Waals surface area contributed by atoms with E-state index in [0.29, 0.717) is 0 Å². The van der Waals surface area contributed by atoms with E-state index in [-0.39, 0.29) is 22.3 Å². The number of benzene rings is 1. The smallest absolute Gasteiger partial charge is 0.300 e. The van der Waals surface area contributed by atoms with Gasteiger partial charge in [-0.3, -0.25) is 19.3 Å². The van der Waals surface area contributed by atoms with Crippen molar-refractivity contribution in [2.24, 2.45) is 0 Å². The van der Waals surface area contributed by atoms with Crippen molar-refractivity contribution in [1.29, 1.82) is 0 Å². The van der Waals surface area contributed by atoms with E-state index in [1.165, 1.54) is 6.07 Å². The van der Waals surface area contributed by atoms with Crippen LogP contribution in [0.2, 0.25) is 5.02 Å². The molecule has 112 valence electrons. The van der Waals surface area contributed by atoms with Crippen LogP contribution >= 0.6 is 11.6 Å². The van der Waals surface area contributed by atoms with Crippen LogP contribution in [0.4, 0.5) is 10.1 Å². The SMILES string of the molecule is CCC(C)NC(=O)CN1C(=O)C(=O)c2c(Cl)ccc(F)c21. The standard InChI is InChI=1S/C14H14ClFN2O3/c1-3-7(2)17-10(19)6-18-12-9(16)5-4-8(15)11(12)13(20)14(18)21/h4-5,7H,3,6H2,1-2H3,(H,17,19). The van der Waals surface area contributed by atoms with Gasteiger partial charge in [-0.1, -0.05) is 18.5 Å². The fourth-order valence-corrected chi connectivity index (χ4v) is 2.31. The van der Waals surface area contributed by atoms with E-state index < -0.39 is 30.0 Å². The summed E-state index contributed by atoms with van der Waals surface area (Å²) < 4.78 is 13.9. The van der Waals surface area contributed by atoms with Gasteiger partial charge in [0.2, 0.25) is 5.91 Å². The number of nitrogens with zero attached hydrogens (tertiary/aromatic N) is 1. The van der Waals surface area contributed by atoms with Gasteiger partial charge in [0.15, 0.2) is 0 Å². The zero-order valence-corrected chi connectivity index (χ0v) is 12.3. The summed E-state index contributed by atoms with van der Waals surface area (Å²) in [6, 6.07) is 2.20. The Balaban J connectivity index is 2.31. The lowest BCUT2D eigenvalue weighted by molar-refractivity contribution is -0.122. The largest absolute Gasteiger partial charge is 0.352 e. The number of fused-ring (bicyclic) bond motifs is 1. The van der Waals surface area contributed by atoms with Crippen LogP contribution in [0.5, 0.6) is 0 Å². The molecule has 1 N–H and O–H groups in total. The molecule has 0 radical (unpaired) electrons. The summed E-state index contributed by atoms with van der Waals surface area (Å²) >= 11 is 5.84. The molecule has 1 aliphatic rings. The van der Waals surface area contributed by atoms with E-state index in [0.717, 1.165) is 17.4 Å². The van der Waals surface area contributed by atoms with Crippen molar-refractivity contribution in [2.45, 2.75) is 26.3 Å². The lowest BCUT2D eigenvalue weighted by Gasteiger charge is -2.18. The summed E-state index contributed by atoms with van der Waals surface area (Å²) in [7, 11) is 0. The molecule has 2 amide bonds. The fraction of sp³-hybridized carbons (Fsp3) is 0.357. The highest BCUT2D eigenvalue weighted by molar-refractivity contribution is 6.55. The number of Topliss-reactive ketones (excluding diaryl/α,β-unsaturated/α-hetero) is 1. The first kappa shape index (κ1) is 15.4. The molecule has 0 aliphatic carbocycles. The number of hydrogen-bond donors (Lipinski definition) is 1. The van der Waals surface area contributed by atoms with Crippen molar-refractivity contribution in [3.8, 4) is 0 Å². The van der Waals surface area contributed by atoms with Crippen molar-refractivity contribution >= 4 is 34.9 Å². The third-order valence-electron chi connectivity index (χ3n) is 3.34. The van der Waals surface area contributed by atoms with Gasteiger partial charge in [-0.2, -0.15) is 0 Å². The zero-order valence-electron chi connectivity index (χ0n) is 11.6. The van der Waals surface area contributed by atoms with Gasteiger partial charge in [0, 0.05) is 6.04 Å². The molecular formula is C14H14ClFN2O3. The normalized spacial score (nSPS) is 15.1. The van der Waals surface area contributed by atoms with Crippen molar-refractivity contribution in [3.05, 3.63) is 28.5 Å². The molecule has 1 unspecified atom stereocenters. The highest BCUT2D eigenvalue weighted by atomic mass is 35.5. The van der Waals surface area contributed by atoms with E-state index in [4.69, 9.17) is 11.6 Å². The van der Waals surface area contributed by atoms with E-state index >= 15 is 0 Å². The van der Waals surface area contributed by atoms with Gasteiger partial charge in [-0.05, 0) is 25.5 Å². The Morgan fingerprint density at radius 1 is 1.43 bits per heavy atom. The Hall–Kier alpha value is -1.95. The molecule has 0 spiro atoms. The maximum atomic E-state index is 13.9. The minimum Gasteiger partial charge on any atom is -0.352 e. The minimum atomic E-state index is -0.948. The molecule has 2 rings (SSSR count). The van der Waals surface area contributed by atoms with Crippen molar-refractivity contribution in [2.75, 3.05) is 11.4 Å². The Bertz CT molecular complexity index is 633. The number of halogens is 2. The molecule has 1 heterocycles. The molecule has 0 saturated heterocycles. The number of nitrogens with one attached hydrogen (secondary N) is 1. The molecule has 1 aliphatic heterocycles. The highest BCUT2D eigenvalue weighted by Crippen LogP contribution is 2.36. The van der Waals surface area contributed by atoms with E-state index in [1.54, 1.807) is 6.92 Å². The summed E-state index contributed by atoms with van der Waals surface area (Å²) in [4.78, 5) is 36.5. The number of rotatable bonds is 4. The van der Waals surface area contributed by atoms with Gasteiger partial charge >= 0.3 is 0 Å². The van der Waals surface area contributed by atoms with Crippen LogP contribution in [0.3, 0.4) is 0 Å². The van der Waals surface area contributed by atoms with E-state index in [2.05, 4.69) is 5.32 Å². The predicted molar refractivity (Wildman–Crippen MR) is 76.0 cm³/mol. The van der Waals surface area contributed by atoms with Crippen LogP contribution in [0.25, 0.3) is 0 Å². The molecule has 0 bridgehead atoms. The van der Waals surface area contributed by atoms with Gasteiger partial charge in [-0.25, -0.2) is 4.39 Å². The molecule has 0 fully saturated rings. The summed E-state index contributed by atoms with van der Waals surface area (Å²) in [5.74, 6) is -3.06. The van der Waals surface area contributed by atoms with E-state index in [9.17, 15) is 18.8 Å². The van der Waals surface area contributed by atoms with Crippen LogP contribution in [-0.4, -0.2) is 30.2 Å². The molecule has 0 saturated carbocycles. The summed E-state index contributed by atoms with van der Waals surface area (Å²) in [6.45, 7) is 3.28. The van der Waals surface area contributed by atoms with Crippen LogP contribution in [0.15, 0.2) is 12.1 Å². The topological polar surface area (TPSA) is 66.5 Å². The monoisotopic (exact) mass is 312 g/mol. The fourth-order valence-electron chi connectivity index (χ4n) is 2.07. The van der Waals surface area contributed by atoms with Crippen LogP contribution in [-0.2, 0) is 9.59 Å². The first-order chi connectivity index (χ1) is 9.86. The maximum Gasteiger partial charge on any atom is 0.300 e. The number of hydrogen-bond acceptors (Lipinski definition) is 3. The Morgan fingerprint density at radius 2 is 2.10 bits per heavy atom. The molecule has 1 aromatic carbocycles. The van der Waals surface area contributed by atoms with Crippen molar-refractivity contribution in [3.63, 3.8) is 0 Å². The molecule has 1 aromatic rings. The number of carbonyl (C=O) groups is 3. The second-order valence-electron chi connectivity index (χ2n) is 4.85. The quantitative estimate of drug-likeness (QED) is 0.864. The van der Waals surface area contributed by atoms with Gasteiger partial charge < -0.3 is 5.32 Å². The van der Waals surface area contributed by atoms with E-state index in [1.807, 2.05) is 6.92 Å². The predicted octanol–water partition coefficient (Wildman–Crippen LogP) is 1.92. The number of carbonyl (C=O) groups excluding carboxylic acids is 3. The first-order valence-electron chi connectivity index (χ1n) is 6.50. The van der Waals surface area contributed by atoms with Crippen LogP contribution < -0.4 is 10.2 Å². The highest BCUT2D eigenvalue weighted by Gasteiger charge is 2.40. The number of amides is 2. The third kappa shape index (κ3) is 2.76. The lowest BCUT2D eigenvalue weighted by atomic mass is 10.1. The zero-order chi connectivity index (χ0) is 15.7. The van der Waals surface area contributed by atoms with Gasteiger partial charge in [0.05, 0.1) is 16.3 Å². The minimum absolute atomic E-state index is 0.00501. The van der Waals surface area contributed by atoms with Gasteiger partial charge in [-0.15, -0.1) is 0 Å². The maximum absolute atomic E-state index is 13.9. The van der Waals surface area contributed by atoms with Crippen molar-refractivity contribution < 1.29 is 18.8 Å². The molecule has 1 atom stereocenters. The summed E-state index contributed by atoms with van der Waals surface area (Å²) in [5.41, 5.74) is -0.408. The Morgan fingerprint density at radius 3 is 2.71 bits per heavy atom. The second kappa shape index (κ2) is 5.81. The van der Waals surface area contributed by atoms with Crippen LogP contribution in [0, 0.1) is 5.82 Å². The van der Waals surface area contributed by atoms with Gasteiger partial charge in [0.25, 0.3) is 11.7 Å². The molecule has 0 aromatic heterocycles. The molecular weight excluding hydrogens is 299 g/mol. The second-order valence-corrected chi connectivity index (χ2v) is 5.26. The average Bonchev–Trinajstić information content (AvgIpc) is 2.69. The lowest BCUT2D eigenvalue weighted by Crippen LogP contribution is -2.43. The molecule has 5 nitrogen and oxygen atoms in total. The average molecular weight is 313 g/mol. The summed E-state index contributed by atoms with van der Waals surface area (Å²) in [5, 5.41) is 2.65. The number of anilines is 1. The third-order valence-corrected chi connectivity index (χ3v) is 3.65. The summed E-state index contributed by atoms with van der Waals surface area (Å²) in [6.07, 6.45) is 0.718. The van der Waals surface area contributed by atoms with Crippen LogP contribution in [0.1, 0.15) is 30.6 Å². The van der Waals surface area contributed by atoms with Gasteiger partial charge in [0.1, 0.15) is 12.4 Å². The van der Waals surface area contributed by atoms with Crippen molar-refractivity contribution in [1.82, 2.24) is 5.32 Å². The first-order valence-corrected chi connectivity index (χ1v) is 6.88. The molecule has 21 heavy (non-hydrogen) atoms. The Kier molecular flexibility index (Phi) is 4.27. The Labute approximate surface area is 126 Å². The molecule has 7 heteroatoms. The number of ketones is 1.